The zero-order valence-electron chi connectivity index (χ0n) is 13.5. The molecule has 3 rings (SSSR count). The number of benzene rings is 2. The van der Waals surface area contributed by atoms with E-state index in [9.17, 15) is 13.6 Å². The lowest BCUT2D eigenvalue weighted by atomic mass is 10.1. The van der Waals surface area contributed by atoms with Gasteiger partial charge in [0.1, 0.15) is 0 Å². The minimum absolute atomic E-state index is 0.167. The topological polar surface area (TPSA) is 44.9 Å². The van der Waals surface area contributed by atoms with E-state index in [0.29, 0.717) is 5.56 Å². The highest BCUT2D eigenvalue weighted by atomic mass is 19.2. The number of hydrogen-bond acceptors (Lipinski definition) is 1. The fourth-order valence-electron chi connectivity index (χ4n) is 2.88. The zero-order chi connectivity index (χ0) is 17.3. The Balaban J connectivity index is 1.75. The molecule has 0 saturated carbocycles. The van der Waals surface area contributed by atoms with Crippen molar-refractivity contribution in [3.8, 4) is 0 Å². The van der Waals surface area contributed by atoms with Crippen LogP contribution in [0.3, 0.4) is 0 Å². The Bertz CT molecular complexity index is 902. The molecule has 124 valence electrons. The van der Waals surface area contributed by atoms with Gasteiger partial charge in [0.05, 0.1) is 12.5 Å². The molecular weight excluding hydrogens is 310 g/mol. The van der Waals surface area contributed by atoms with Crippen molar-refractivity contribution in [2.24, 2.45) is 0 Å². The largest absolute Gasteiger partial charge is 0.358 e. The van der Waals surface area contributed by atoms with E-state index in [0.717, 1.165) is 34.3 Å². The van der Waals surface area contributed by atoms with E-state index in [1.165, 1.54) is 6.07 Å². The average Bonchev–Trinajstić information content (AvgIpc) is 2.86. The van der Waals surface area contributed by atoms with Gasteiger partial charge >= 0.3 is 0 Å². The van der Waals surface area contributed by atoms with Gasteiger partial charge in [-0.3, -0.25) is 4.79 Å². The third-order valence-corrected chi connectivity index (χ3v) is 4.19. The van der Waals surface area contributed by atoms with Crippen molar-refractivity contribution in [3.63, 3.8) is 0 Å². The summed E-state index contributed by atoms with van der Waals surface area (Å²) in [5.74, 6) is -1.98. The van der Waals surface area contributed by atoms with Gasteiger partial charge in [-0.2, -0.15) is 0 Å². The van der Waals surface area contributed by atoms with E-state index in [4.69, 9.17) is 0 Å². The number of carbonyl (C=O) groups excluding carboxylic acids is 1. The molecule has 0 saturated heterocycles. The van der Waals surface area contributed by atoms with Crippen LogP contribution >= 0.6 is 0 Å². The molecule has 1 atom stereocenters. The van der Waals surface area contributed by atoms with E-state index in [2.05, 4.69) is 10.3 Å². The maximum Gasteiger partial charge on any atom is 0.224 e. The standard InChI is InChI=1S/C19H18F2N2O/c1-11(13-7-8-16(20)17(21)9-13)23-19(24)10-15-12(2)22-18-6-4-3-5-14(15)18/h3-9,11,22H,10H2,1-2H3,(H,23,24). The Morgan fingerprint density at radius 1 is 1.17 bits per heavy atom. The first-order valence-corrected chi connectivity index (χ1v) is 7.76. The molecule has 0 aliphatic heterocycles. The molecule has 0 spiro atoms. The summed E-state index contributed by atoms with van der Waals surface area (Å²) in [5, 5.41) is 3.85. The number of fused-ring (bicyclic) bond motifs is 1. The monoisotopic (exact) mass is 328 g/mol. The van der Waals surface area contributed by atoms with Crippen LogP contribution in [0.15, 0.2) is 42.5 Å². The summed E-state index contributed by atoms with van der Waals surface area (Å²) < 4.78 is 26.3. The smallest absolute Gasteiger partial charge is 0.224 e. The summed E-state index contributed by atoms with van der Waals surface area (Å²) in [7, 11) is 0. The quantitative estimate of drug-likeness (QED) is 0.741. The second-order valence-electron chi connectivity index (χ2n) is 5.91. The van der Waals surface area contributed by atoms with Crippen molar-refractivity contribution >= 4 is 16.8 Å². The van der Waals surface area contributed by atoms with Gasteiger partial charge in [0, 0.05) is 16.6 Å². The second-order valence-corrected chi connectivity index (χ2v) is 5.91. The number of hydrogen-bond donors (Lipinski definition) is 2. The predicted octanol–water partition coefficient (Wildman–Crippen LogP) is 4.17. The van der Waals surface area contributed by atoms with Crippen molar-refractivity contribution in [1.82, 2.24) is 10.3 Å². The molecule has 1 heterocycles. The number of aryl methyl sites for hydroxylation is 1. The Hall–Kier alpha value is -2.69. The molecule has 2 aromatic carbocycles. The lowest BCUT2D eigenvalue weighted by Crippen LogP contribution is -2.28. The third-order valence-electron chi connectivity index (χ3n) is 4.19. The van der Waals surface area contributed by atoms with Gasteiger partial charge in [-0.25, -0.2) is 8.78 Å². The van der Waals surface area contributed by atoms with Crippen LogP contribution in [-0.4, -0.2) is 10.9 Å². The van der Waals surface area contributed by atoms with Crippen molar-refractivity contribution in [2.45, 2.75) is 26.3 Å². The summed E-state index contributed by atoms with van der Waals surface area (Å²) in [6.07, 6.45) is 0.226. The first-order valence-electron chi connectivity index (χ1n) is 7.76. The van der Waals surface area contributed by atoms with Crippen LogP contribution in [0.1, 0.15) is 29.8 Å². The van der Waals surface area contributed by atoms with Crippen molar-refractivity contribution in [3.05, 3.63) is 70.9 Å². The number of halogens is 2. The highest BCUT2D eigenvalue weighted by Crippen LogP contribution is 2.23. The molecule has 0 aliphatic carbocycles. The van der Waals surface area contributed by atoms with Crippen molar-refractivity contribution < 1.29 is 13.6 Å². The number of aromatic nitrogens is 1. The van der Waals surface area contributed by atoms with Crippen LogP contribution < -0.4 is 5.32 Å². The first-order chi connectivity index (χ1) is 11.5. The summed E-state index contributed by atoms with van der Waals surface area (Å²) in [6.45, 7) is 3.67. The molecule has 1 unspecified atom stereocenters. The Kier molecular flexibility index (Phi) is 4.34. The highest BCUT2D eigenvalue weighted by molar-refractivity contribution is 5.90. The van der Waals surface area contributed by atoms with Gasteiger partial charge in [-0.05, 0) is 43.2 Å². The van der Waals surface area contributed by atoms with Crippen LogP contribution in [0.5, 0.6) is 0 Å². The molecule has 1 amide bonds. The summed E-state index contributed by atoms with van der Waals surface area (Å²) in [5.41, 5.74) is 3.41. The first kappa shape index (κ1) is 16.2. The molecule has 24 heavy (non-hydrogen) atoms. The Morgan fingerprint density at radius 3 is 2.67 bits per heavy atom. The van der Waals surface area contributed by atoms with E-state index in [-0.39, 0.29) is 12.3 Å². The molecule has 2 N–H and O–H groups in total. The van der Waals surface area contributed by atoms with Gasteiger partial charge < -0.3 is 10.3 Å². The van der Waals surface area contributed by atoms with E-state index >= 15 is 0 Å². The Morgan fingerprint density at radius 2 is 1.92 bits per heavy atom. The molecule has 1 aromatic heterocycles. The number of para-hydroxylation sites is 1. The summed E-state index contributed by atoms with van der Waals surface area (Å²) >= 11 is 0. The Labute approximate surface area is 138 Å². The lowest BCUT2D eigenvalue weighted by molar-refractivity contribution is -0.121. The van der Waals surface area contributed by atoms with Crippen LogP contribution in [0.4, 0.5) is 8.78 Å². The number of H-pyrrole nitrogens is 1. The number of amides is 1. The molecule has 5 heteroatoms. The number of nitrogens with one attached hydrogen (secondary N) is 2. The molecule has 0 aliphatic rings. The molecule has 0 bridgehead atoms. The van der Waals surface area contributed by atoms with E-state index in [1.807, 2.05) is 31.2 Å². The molecule has 0 radical (unpaired) electrons. The van der Waals surface area contributed by atoms with Crippen molar-refractivity contribution in [1.29, 1.82) is 0 Å². The maximum absolute atomic E-state index is 13.3. The molecule has 0 fully saturated rings. The number of carbonyl (C=O) groups is 1. The maximum atomic E-state index is 13.3. The van der Waals surface area contributed by atoms with Gasteiger partial charge in [0.15, 0.2) is 11.6 Å². The fourth-order valence-corrected chi connectivity index (χ4v) is 2.88. The zero-order valence-corrected chi connectivity index (χ0v) is 13.5. The van der Waals surface area contributed by atoms with Crippen LogP contribution in [0.25, 0.3) is 10.9 Å². The van der Waals surface area contributed by atoms with Crippen LogP contribution in [0, 0.1) is 18.6 Å². The molecule has 3 nitrogen and oxygen atoms in total. The minimum Gasteiger partial charge on any atom is -0.358 e. The third kappa shape index (κ3) is 3.15. The van der Waals surface area contributed by atoms with Gasteiger partial charge in [0.25, 0.3) is 0 Å². The minimum atomic E-state index is -0.916. The van der Waals surface area contributed by atoms with E-state index in [1.54, 1.807) is 6.92 Å². The number of aromatic amines is 1. The van der Waals surface area contributed by atoms with Gasteiger partial charge in [0.2, 0.25) is 5.91 Å². The average molecular weight is 328 g/mol. The SMILES string of the molecule is Cc1[nH]c2ccccc2c1CC(=O)NC(C)c1ccc(F)c(F)c1. The second kappa shape index (κ2) is 6.43. The highest BCUT2D eigenvalue weighted by Gasteiger charge is 2.15. The fraction of sp³-hybridized carbons (Fsp3) is 0.211. The molecule has 3 aromatic rings. The number of rotatable bonds is 4. The summed E-state index contributed by atoms with van der Waals surface area (Å²) in [4.78, 5) is 15.6. The predicted molar refractivity (Wildman–Crippen MR) is 89.7 cm³/mol. The van der Waals surface area contributed by atoms with E-state index < -0.39 is 17.7 Å². The van der Waals surface area contributed by atoms with Crippen LogP contribution in [0.2, 0.25) is 0 Å². The van der Waals surface area contributed by atoms with Gasteiger partial charge in [-0.1, -0.05) is 24.3 Å². The normalized spacial score (nSPS) is 12.3. The lowest BCUT2D eigenvalue weighted by Gasteiger charge is -2.15. The summed E-state index contributed by atoms with van der Waals surface area (Å²) in [6, 6.07) is 11.1. The van der Waals surface area contributed by atoms with Crippen molar-refractivity contribution in [2.75, 3.05) is 0 Å². The van der Waals surface area contributed by atoms with Gasteiger partial charge in [-0.15, -0.1) is 0 Å². The van der Waals surface area contributed by atoms with Crippen LogP contribution in [-0.2, 0) is 11.2 Å². The molecular formula is C19H18F2N2O.